The maximum Gasteiger partial charge on any atom is 0.147 e. The molecule has 218 valence electrons. The summed E-state index contributed by atoms with van der Waals surface area (Å²) in [6.45, 7) is 4.94. The molecule has 3 heterocycles. The molecule has 46 heavy (non-hydrogen) atoms. The number of benzene rings is 7. The van der Waals surface area contributed by atoms with E-state index in [1.165, 1.54) is 32.3 Å². The van der Waals surface area contributed by atoms with Crippen molar-refractivity contribution in [1.82, 2.24) is 0 Å². The summed E-state index contributed by atoms with van der Waals surface area (Å²) < 4.78 is 13.1. The van der Waals surface area contributed by atoms with Crippen molar-refractivity contribution in [3.05, 3.63) is 140 Å². The van der Waals surface area contributed by atoms with Gasteiger partial charge in [-0.05, 0) is 92.9 Å². The maximum atomic E-state index is 6.58. The number of hydrogen-bond acceptors (Lipinski definition) is 3. The highest BCUT2D eigenvalue weighted by molar-refractivity contribution is 7.03. The average Bonchev–Trinajstić information content (AvgIpc) is 3.71. The molecule has 10 rings (SSSR count). The zero-order valence-corrected chi connectivity index (χ0v) is 26.5. The summed E-state index contributed by atoms with van der Waals surface area (Å²) in [6.07, 6.45) is 0. The second-order valence-electron chi connectivity index (χ2n) is 13.0. The first-order valence-electron chi connectivity index (χ1n) is 15.8. The lowest BCUT2D eigenvalue weighted by Crippen LogP contribution is -2.49. The van der Waals surface area contributed by atoms with E-state index >= 15 is 0 Å². The van der Waals surface area contributed by atoms with Crippen LogP contribution in [0.1, 0.15) is 0 Å². The van der Waals surface area contributed by atoms with Gasteiger partial charge in [-0.25, -0.2) is 0 Å². The SMILES string of the molecule is C[Si]1(C)c2ccccc2-c2ccc(N(c3ccccc3)c3ccc4c(c3)oc3ccc5c6cc7ccccc7cc6oc5c34)cc21. The highest BCUT2D eigenvalue weighted by Gasteiger charge is 2.37. The molecule has 0 aliphatic carbocycles. The van der Waals surface area contributed by atoms with E-state index in [-0.39, 0.29) is 0 Å². The van der Waals surface area contributed by atoms with Gasteiger partial charge >= 0.3 is 0 Å². The van der Waals surface area contributed by atoms with Gasteiger partial charge in [-0.2, -0.15) is 0 Å². The number of anilines is 3. The highest BCUT2D eigenvalue weighted by atomic mass is 28.3. The van der Waals surface area contributed by atoms with Crippen LogP contribution in [0.5, 0.6) is 0 Å². The molecule has 0 fully saturated rings. The number of fused-ring (bicyclic) bond motifs is 11. The molecule has 7 aromatic carbocycles. The van der Waals surface area contributed by atoms with E-state index in [1.807, 2.05) is 0 Å². The molecule has 0 unspecified atom stereocenters. The van der Waals surface area contributed by atoms with Crippen molar-refractivity contribution in [2.75, 3.05) is 4.90 Å². The van der Waals surface area contributed by atoms with Crippen LogP contribution in [0.3, 0.4) is 0 Å². The molecule has 0 bridgehead atoms. The van der Waals surface area contributed by atoms with Crippen LogP contribution < -0.4 is 15.3 Å². The molecule has 0 saturated heterocycles. The zero-order chi connectivity index (χ0) is 30.6. The molecule has 2 aromatic heterocycles. The zero-order valence-electron chi connectivity index (χ0n) is 25.5. The predicted octanol–water partition coefficient (Wildman–Crippen LogP) is 10.9. The van der Waals surface area contributed by atoms with Gasteiger partial charge < -0.3 is 13.7 Å². The Bertz CT molecular complexity index is 2680. The first-order chi connectivity index (χ1) is 22.5. The van der Waals surface area contributed by atoms with E-state index in [9.17, 15) is 0 Å². The first-order valence-corrected chi connectivity index (χ1v) is 18.8. The molecular formula is C42H29NO2Si. The second kappa shape index (κ2) is 9.22. The van der Waals surface area contributed by atoms with Gasteiger partial charge in [0.25, 0.3) is 0 Å². The maximum absolute atomic E-state index is 6.58. The fourth-order valence-electron chi connectivity index (χ4n) is 7.76. The van der Waals surface area contributed by atoms with Gasteiger partial charge in [0, 0.05) is 39.3 Å². The van der Waals surface area contributed by atoms with Gasteiger partial charge in [0.2, 0.25) is 0 Å². The van der Waals surface area contributed by atoms with Crippen molar-refractivity contribution in [2.24, 2.45) is 0 Å². The van der Waals surface area contributed by atoms with E-state index < -0.39 is 8.07 Å². The number of rotatable bonds is 3. The van der Waals surface area contributed by atoms with Crippen molar-refractivity contribution in [3.8, 4) is 11.1 Å². The van der Waals surface area contributed by atoms with E-state index in [0.717, 1.165) is 60.9 Å². The van der Waals surface area contributed by atoms with Crippen LogP contribution in [0, 0.1) is 0 Å². The Morgan fingerprint density at radius 3 is 2.00 bits per heavy atom. The third kappa shape index (κ3) is 3.53. The Kier molecular flexibility index (Phi) is 5.16. The molecular weight excluding hydrogens is 579 g/mol. The third-order valence-electron chi connectivity index (χ3n) is 10.0. The normalized spacial score (nSPS) is 13.6. The molecule has 1 aliphatic rings. The smallest absolute Gasteiger partial charge is 0.147 e. The van der Waals surface area contributed by atoms with Gasteiger partial charge in [-0.3, -0.25) is 0 Å². The number of hydrogen-bond donors (Lipinski definition) is 0. The summed E-state index contributed by atoms with van der Waals surface area (Å²) in [4.78, 5) is 2.35. The summed E-state index contributed by atoms with van der Waals surface area (Å²) in [5.74, 6) is 0. The van der Waals surface area contributed by atoms with Crippen molar-refractivity contribution >= 4 is 90.2 Å². The van der Waals surface area contributed by atoms with Crippen LogP contribution in [-0.4, -0.2) is 8.07 Å². The molecule has 0 radical (unpaired) electrons. The Balaban J connectivity index is 1.16. The lowest BCUT2D eigenvalue weighted by Gasteiger charge is -2.27. The minimum absolute atomic E-state index is 0.831. The Hall–Kier alpha value is -5.58. The Labute approximate surface area is 266 Å². The molecule has 0 atom stereocenters. The quantitative estimate of drug-likeness (QED) is 0.187. The molecule has 9 aromatic rings. The van der Waals surface area contributed by atoms with E-state index in [1.54, 1.807) is 0 Å². The van der Waals surface area contributed by atoms with Gasteiger partial charge in [-0.1, -0.05) is 85.9 Å². The summed E-state index contributed by atoms with van der Waals surface area (Å²) in [5.41, 5.74) is 9.53. The highest BCUT2D eigenvalue weighted by Crippen LogP contribution is 2.43. The lowest BCUT2D eigenvalue weighted by atomic mass is 10.0. The fourth-order valence-corrected chi connectivity index (χ4v) is 10.9. The number of furan rings is 2. The van der Waals surface area contributed by atoms with E-state index in [4.69, 9.17) is 8.83 Å². The van der Waals surface area contributed by atoms with Crippen molar-refractivity contribution < 1.29 is 8.83 Å². The van der Waals surface area contributed by atoms with Crippen molar-refractivity contribution in [1.29, 1.82) is 0 Å². The van der Waals surface area contributed by atoms with Crippen LogP contribution in [0.2, 0.25) is 13.1 Å². The van der Waals surface area contributed by atoms with Gasteiger partial charge in [0.15, 0.2) is 0 Å². The average molecular weight is 608 g/mol. The Morgan fingerprint density at radius 1 is 0.457 bits per heavy atom. The molecule has 3 nitrogen and oxygen atoms in total. The van der Waals surface area contributed by atoms with E-state index in [0.29, 0.717) is 0 Å². The fraction of sp³-hybridized carbons (Fsp3) is 0.0476. The van der Waals surface area contributed by atoms with Gasteiger partial charge in [0.05, 0.1) is 5.39 Å². The molecule has 0 N–H and O–H groups in total. The Morgan fingerprint density at radius 2 is 1.13 bits per heavy atom. The molecule has 4 heteroatoms. The van der Waals surface area contributed by atoms with Crippen LogP contribution in [0.15, 0.2) is 148 Å². The molecule has 0 saturated carbocycles. The standard InChI is InChI=1S/C42H29NO2Si/c1-46(2)39-15-9-8-14-31(39)32-18-16-30(25-40(32)46)43(28-12-4-3-5-13-28)29-17-19-34-38(24-29)44-36-21-20-33-35-22-26-10-6-7-11-27(26)23-37(35)45-42(33)41(34)36/h3-25H,1-2H3. The largest absolute Gasteiger partial charge is 0.456 e. The van der Waals surface area contributed by atoms with Crippen LogP contribution in [0.4, 0.5) is 17.1 Å². The van der Waals surface area contributed by atoms with Crippen LogP contribution in [-0.2, 0) is 0 Å². The summed E-state index contributed by atoms with van der Waals surface area (Å²) in [5, 5.41) is 9.70. The van der Waals surface area contributed by atoms with Crippen molar-refractivity contribution in [2.45, 2.75) is 13.1 Å². The molecule has 0 amide bonds. The van der Waals surface area contributed by atoms with Gasteiger partial charge in [-0.15, -0.1) is 0 Å². The topological polar surface area (TPSA) is 29.5 Å². The van der Waals surface area contributed by atoms with Gasteiger partial charge in [0.1, 0.15) is 30.4 Å². The van der Waals surface area contributed by atoms with E-state index in [2.05, 4.69) is 158 Å². The third-order valence-corrected chi connectivity index (χ3v) is 13.6. The van der Waals surface area contributed by atoms with Crippen LogP contribution >= 0.6 is 0 Å². The summed E-state index contributed by atoms with van der Waals surface area (Å²) >= 11 is 0. The molecule has 1 aliphatic heterocycles. The molecule has 0 spiro atoms. The lowest BCUT2D eigenvalue weighted by molar-refractivity contribution is 0.663. The summed E-state index contributed by atoms with van der Waals surface area (Å²) in [6, 6.07) is 50.2. The summed E-state index contributed by atoms with van der Waals surface area (Å²) in [7, 11) is -1.84. The first kappa shape index (κ1) is 25.7. The minimum atomic E-state index is -1.84. The second-order valence-corrected chi connectivity index (χ2v) is 17.3. The minimum Gasteiger partial charge on any atom is -0.456 e. The monoisotopic (exact) mass is 607 g/mol. The van der Waals surface area contributed by atoms with Crippen LogP contribution in [0.25, 0.3) is 65.8 Å². The van der Waals surface area contributed by atoms with Crippen molar-refractivity contribution in [3.63, 3.8) is 0 Å². The number of nitrogens with zero attached hydrogens (tertiary/aromatic N) is 1. The number of para-hydroxylation sites is 1. The predicted molar refractivity (Wildman–Crippen MR) is 195 cm³/mol.